The number of rotatable bonds is 74. The normalized spacial score (nSPS) is 14.8. The Balaban J connectivity index is 5.60. The lowest BCUT2D eigenvalue weighted by Gasteiger charge is -2.21. The molecule has 19 heteroatoms. The van der Waals surface area contributed by atoms with Crippen LogP contribution in [0.1, 0.15) is 285 Å². The van der Waals surface area contributed by atoms with Crippen LogP contribution in [0.25, 0.3) is 0 Å². The Kier molecular flexibility index (Phi) is 74.5. The van der Waals surface area contributed by atoms with Gasteiger partial charge in [0.1, 0.15) is 19.3 Å². The minimum atomic E-state index is -5.02. The Labute approximate surface area is 653 Å². The van der Waals surface area contributed by atoms with Crippen molar-refractivity contribution in [3.63, 3.8) is 0 Å². The number of phosphoric ester groups is 2. The fourth-order valence-electron chi connectivity index (χ4n) is 9.78. The average molecular weight is 1550 g/mol. The number of ether oxygens (including phenoxy) is 4. The van der Waals surface area contributed by atoms with Gasteiger partial charge in [0, 0.05) is 25.7 Å². The zero-order valence-corrected chi connectivity index (χ0v) is 68.5. The van der Waals surface area contributed by atoms with Gasteiger partial charge in [-0.15, -0.1) is 0 Å². The Morgan fingerprint density at radius 3 is 0.657 bits per heavy atom. The molecule has 0 saturated heterocycles. The standard InChI is InChI=1S/C89H142O17P2/c1-5-9-13-17-21-25-29-33-37-41-45-49-53-57-61-65-69-73-86(91)99-79-84(105-88(93)75-71-67-63-59-55-51-47-43-39-35-31-27-23-19-15-11-7-3)81-103-107(95,96)101-77-83(90)78-102-108(97,98)104-82-85(106-89(94)76-72-68-64-60-56-52-48-44-40-36-32-28-24-20-16-12-8-4)80-100-87(92)74-70-66-62-58-54-50-46-42-38-34-30-26-22-18-14-10-6-2/h21-28,33-40,45-52,57-64,83-85,90H,5-20,29-32,41-44,53-56,65-82H2,1-4H3,(H,95,96)(H,97,98)/b25-21-,26-22-,27-23-,28-24-,37-33-,38-34-,39-35-,40-36-,49-45-,50-46-,51-47-,52-48-,61-57-,62-58-,63-59-,64-60-/t84-,85-/m1/s1. The SMILES string of the molecule is CCCCC/C=C\C/C=C\C/C=C\C/C=C\CCCC(=O)OC[C@H](COP(=O)(O)OCC(O)COP(=O)(O)OC[C@@H](COC(=O)CCC/C=C\C/C=C\C/C=C\C/C=C\CCCCC)OC(=O)CCC/C=C\C/C=C\C/C=C\C/C=C\CCCCC)OC(=O)CCC/C=C\C/C=C\C/C=C\C/C=C\CCCCC. The molecule has 0 amide bonds. The second-order valence-corrected chi connectivity index (χ2v) is 29.2. The molecule has 0 aliphatic carbocycles. The number of carbonyl (C=O) groups is 4. The lowest BCUT2D eigenvalue weighted by Crippen LogP contribution is -2.30. The van der Waals surface area contributed by atoms with E-state index < -0.39 is 97.5 Å². The van der Waals surface area contributed by atoms with E-state index in [4.69, 9.17) is 37.0 Å². The Morgan fingerprint density at radius 2 is 0.444 bits per heavy atom. The van der Waals surface area contributed by atoms with Gasteiger partial charge in [-0.25, -0.2) is 9.13 Å². The summed E-state index contributed by atoms with van der Waals surface area (Å²) in [6.07, 6.45) is 97.2. The summed E-state index contributed by atoms with van der Waals surface area (Å²) in [6, 6.07) is 0. The van der Waals surface area contributed by atoms with Gasteiger partial charge in [0.2, 0.25) is 0 Å². The number of esters is 4. The van der Waals surface area contributed by atoms with E-state index in [1.807, 2.05) is 48.6 Å². The maximum atomic E-state index is 13.1. The second-order valence-electron chi connectivity index (χ2n) is 26.3. The van der Waals surface area contributed by atoms with Crippen molar-refractivity contribution in [1.82, 2.24) is 0 Å². The number of hydrogen-bond acceptors (Lipinski definition) is 15. The predicted molar refractivity (Wildman–Crippen MR) is 445 cm³/mol. The zero-order valence-electron chi connectivity index (χ0n) is 66.7. The van der Waals surface area contributed by atoms with Crippen LogP contribution in [0.4, 0.5) is 0 Å². The molecule has 0 aromatic heterocycles. The van der Waals surface area contributed by atoms with Crippen molar-refractivity contribution >= 4 is 39.5 Å². The maximum absolute atomic E-state index is 13.1. The van der Waals surface area contributed by atoms with Crippen LogP contribution in [0.15, 0.2) is 194 Å². The molecular weight excluding hydrogens is 1400 g/mol. The molecule has 0 aromatic rings. The molecule has 0 aliphatic heterocycles. The second kappa shape index (κ2) is 79.0. The van der Waals surface area contributed by atoms with E-state index in [0.717, 1.165) is 103 Å². The predicted octanol–water partition coefficient (Wildman–Crippen LogP) is 24.1. The highest BCUT2D eigenvalue weighted by Crippen LogP contribution is 2.45. The quantitative estimate of drug-likeness (QED) is 0.0169. The molecule has 0 bridgehead atoms. The van der Waals surface area contributed by atoms with Crippen LogP contribution in [0.2, 0.25) is 0 Å². The topological polar surface area (TPSA) is 237 Å². The molecule has 0 spiro atoms. The van der Waals surface area contributed by atoms with Crippen LogP contribution in [0.3, 0.4) is 0 Å². The van der Waals surface area contributed by atoms with Gasteiger partial charge >= 0.3 is 39.5 Å². The molecule has 0 aliphatic rings. The first-order chi connectivity index (χ1) is 52.7. The number of aliphatic hydroxyl groups is 1. The third-order valence-corrected chi connectivity index (χ3v) is 17.9. The Bertz CT molecular complexity index is 2630. The first-order valence-corrected chi connectivity index (χ1v) is 43.7. The fraction of sp³-hybridized carbons (Fsp3) is 0.596. The van der Waals surface area contributed by atoms with Gasteiger partial charge < -0.3 is 33.8 Å². The highest BCUT2D eigenvalue weighted by Gasteiger charge is 2.30. The van der Waals surface area contributed by atoms with Gasteiger partial charge in [-0.05, 0) is 180 Å². The fourth-order valence-corrected chi connectivity index (χ4v) is 11.4. The molecule has 0 heterocycles. The van der Waals surface area contributed by atoms with E-state index >= 15 is 0 Å². The Morgan fingerprint density at radius 1 is 0.259 bits per heavy atom. The van der Waals surface area contributed by atoms with Crippen LogP contribution < -0.4 is 0 Å². The highest BCUT2D eigenvalue weighted by atomic mass is 31.2. The summed E-state index contributed by atoms with van der Waals surface area (Å²) in [5.74, 6) is -2.46. The zero-order chi connectivity index (χ0) is 78.9. The summed E-state index contributed by atoms with van der Waals surface area (Å²) in [7, 11) is -10.0. The van der Waals surface area contributed by atoms with Crippen molar-refractivity contribution in [2.45, 2.75) is 303 Å². The lowest BCUT2D eigenvalue weighted by molar-refractivity contribution is -0.161. The summed E-state index contributed by atoms with van der Waals surface area (Å²) >= 11 is 0. The van der Waals surface area contributed by atoms with Gasteiger partial charge in [0.05, 0.1) is 26.4 Å². The molecule has 0 saturated carbocycles. The highest BCUT2D eigenvalue weighted by molar-refractivity contribution is 7.47. The molecule has 0 rings (SSSR count). The molecule has 4 atom stereocenters. The summed E-state index contributed by atoms with van der Waals surface area (Å²) in [4.78, 5) is 73.0. The van der Waals surface area contributed by atoms with Gasteiger partial charge in [-0.3, -0.25) is 37.3 Å². The van der Waals surface area contributed by atoms with E-state index in [0.29, 0.717) is 51.4 Å². The molecule has 2 unspecified atom stereocenters. The summed E-state index contributed by atoms with van der Waals surface area (Å²) in [5, 5.41) is 10.6. The Hall–Kier alpha value is -6.10. The van der Waals surface area contributed by atoms with E-state index in [-0.39, 0.29) is 25.7 Å². The molecular formula is C89H142O17P2. The average Bonchev–Trinajstić information content (AvgIpc) is 0.880. The van der Waals surface area contributed by atoms with E-state index in [9.17, 15) is 43.2 Å². The van der Waals surface area contributed by atoms with Crippen molar-refractivity contribution in [3.8, 4) is 0 Å². The number of aliphatic hydroxyl groups excluding tert-OH is 1. The molecule has 17 nitrogen and oxygen atoms in total. The number of unbranched alkanes of at least 4 members (excludes halogenated alkanes) is 16. The van der Waals surface area contributed by atoms with Crippen molar-refractivity contribution in [1.29, 1.82) is 0 Å². The summed E-state index contributed by atoms with van der Waals surface area (Å²) < 4.78 is 68.4. The van der Waals surface area contributed by atoms with Crippen LogP contribution >= 0.6 is 15.6 Å². The minimum Gasteiger partial charge on any atom is -0.462 e. The van der Waals surface area contributed by atoms with Gasteiger partial charge in [0.15, 0.2) is 12.2 Å². The van der Waals surface area contributed by atoms with Crippen LogP contribution in [-0.4, -0.2) is 96.7 Å². The first-order valence-electron chi connectivity index (χ1n) is 40.7. The number of carbonyl (C=O) groups excluding carboxylic acids is 4. The third-order valence-electron chi connectivity index (χ3n) is 16.0. The molecule has 3 N–H and O–H groups in total. The van der Waals surface area contributed by atoms with Gasteiger partial charge in [0.25, 0.3) is 0 Å². The monoisotopic (exact) mass is 1540 g/mol. The van der Waals surface area contributed by atoms with Crippen LogP contribution in [0, 0.1) is 0 Å². The van der Waals surface area contributed by atoms with Crippen molar-refractivity contribution in [2.75, 3.05) is 39.6 Å². The number of allylic oxidation sites excluding steroid dienone is 32. The maximum Gasteiger partial charge on any atom is 0.472 e. The van der Waals surface area contributed by atoms with Crippen LogP contribution in [0.5, 0.6) is 0 Å². The summed E-state index contributed by atoms with van der Waals surface area (Å²) in [5.41, 5.74) is 0. The lowest BCUT2D eigenvalue weighted by atomic mass is 10.2. The number of hydrogen-bond donors (Lipinski definition) is 3. The summed E-state index contributed by atoms with van der Waals surface area (Å²) in [6.45, 7) is 4.48. The van der Waals surface area contributed by atoms with Crippen molar-refractivity contribution in [3.05, 3.63) is 194 Å². The van der Waals surface area contributed by atoms with E-state index in [1.54, 1.807) is 0 Å². The molecule has 0 radical (unpaired) electrons. The van der Waals surface area contributed by atoms with Gasteiger partial charge in [-0.2, -0.15) is 0 Å². The van der Waals surface area contributed by atoms with E-state index in [1.165, 1.54) is 77.0 Å². The first kappa shape index (κ1) is 102. The van der Waals surface area contributed by atoms with Crippen molar-refractivity contribution < 1.29 is 80.2 Å². The molecule has 610 valence electrons. The minimum absolute atomic E-state index is 0.00317. The number of phosphoric acid groups is 2. The van der Waals surface area contributed by atoms with Gasteiger partial charge in [-0.1, -0.05) is 273 Å². The molecule has 108 heavy (non-hydrogen) atoms. The largest absolute Gasteiger partial charge is 0.472 e. The van der Waals surface area contributed by atoms with Crippen LogP contribution in [-0.2, 0) is 65.4 Å². The third kappa shape index (κ3) is 78.0. The van der Waals surface area contributed by atoms with E-state index in [2.05, 4.69) is 174 Å². The molecule has 0 aromatic carbocycles. The molecule has 0 fully saturated rings. The smallest absolute Gasteiger partial charge is 0.462 e. The van der Waals surface area contributed by atoms with Crippen molar-refractivity contribution in [2.24, 2.45) is 0 Å².